The number of carbonyl (C=O) groups excluding carboxylic acids is 3. The number of fused-ring (bicyclic) bond motifs is 1. The van der Waals surface area contributed by atoms with Gasteiger partial charge in [-0.05, 0) is 24.5 Å². The van der Waals surface area contributed by atoms with Crippen LogP contribution in [0.1, 0.15) is 65.7 Å². The lowest BCUT2D eigenvalue weighted by atomic mass is 9.86. The molecule has 1 saturated heterocycles. The van der Waals surface area contributed by atoms with Gasteiger partial charge in [0.25, 0.3) is 11.8 Å². The Labute approximate surface area is 172 Å². The summed E-state index contributed by atoms with van der Waals surface area (Å²) in [6.45, 7) is 4.16. The maximum atomic E-state index is 12.5. The van der Waals surface area contributed by atoms with Crippen molar-refractivity contribution in [3.8, 4) is 0 Å². The number of nitrogens with zero attached hydrogens (tertiary/aromatic N) is 3. The quantitative estimate of drug-likeness (QED) is 0.693. The summed E-state index contributed by atoms with van der Waals surface area (Å²) >= 11 is 0. The van der Waals surface area contributed by atoms with E-state index in [1.54, 1.807) is 24.3 Å². The zero-order chi connectivity index (χ0) is 20.2. The van der Waals surface area contributed by atoms with Crippen LogP contribution < -0.4 is 0 Å². The largest absolute Gasteiger partial charge is 0.340 e. The molecule has 1 aliphatic carbocycles. The van der Waals surface area contributed by atoms with Gasteiger partial charge < -0.3 is 4.90 Å². The highest BCUT2D eigenvalue weighted by Gasteiger charge is 2.35. The van der Waals surface area contributed by atoms with Crippen molar-refractivity contribution < 1.29 is 14.4 Å². The van der Waals surface area contributed by atoms with Crippen LogP contribution in [0.2, 0.25) is 0 Å². The summed E-state index contributed by atoms with van der Waals surface area (Å²) in [6.07, 6.45) is 8.30. The minimum Gasteiger partial charge on any atom is -0.340 e. The molecule has 4 rings (SSSR count). The van der Waals surface area contributed by atoms with E-state index < -0.39 is 0 Å². The van der Waals surface area contributed by atoms with Crippen LogP contribution in [0, 0.1) is 5.92 Å². The summed E-state index contributed by atoms with van der Waals surface area (Å²) in [5.74, 6) is 0.647. The Morgan fingerprint density at radius 1 is 0.862 bits per heavy atom. The highest BCUT2D eigenvalue weighted by molar-refractivity contribution is 6.21. The minimum atomic E-state index is -0.192. The first kappa shape index (κ1) is 20.1. The van der Waals surface area contributed by atoms with E-state index in [-0.39, 0.29) is 17.7 Å². The molecule has 1 saturated carbocycles. The highest BCUT2D eigenvalue weighted by atomic mass is 16.2. The first-order chi connectivity index (χ1) is 14.1. The molecule has 6 heteroatoms. The molecule has 6 nitrogen and oxygen atoms in total. The Bertz CT molecular complexity index is 729. The second-order valence-electron chi connectivity index (χ2n) is 8.57. The SMILES string of the molecule is O=C(CCC1CCCCC1)N1CCN(CCN2C(=O)c3ccccc3C2=O)CC1. The molecule has 1 aromatic rings. The van der Waals surface area contributed by atoms with Crippen LogP contribution in [0.4, 0.5) is 0 Å². The second-order valence-corrected chi connectivity index (χ2v) is 8.57. The highest BCUT2D eigenvalue weighted by Crippen LogP contribution is 2.27. The van der Waals surface area contributed by atoms with Gasteiger partial charge >= 0.3 is 0 Å². The summed E-state index contributed by atoms with van der Waals surface area (Å²) in [5.41, 5.74) is 1.01. The van der Waals surface area contributed by atoms with E-state index in [1.165, 1.54) is 37.0 Å². The van der Waals surface area contributed by atoms with Crippen LogP contribution in [0.5, 0.6) is 0 Å². The molecule has 3 aliphatic rings. The zero-order valence-electron chi connectivity index (χ0n) is 17.1. The maximum absolute atomic E-state index is 12.5. The van der Waals surface area contributed by atoms with Crippen molar-refractivity contribution >= 4 is 17.7 Å². The van der Waals surface area contributed by atoms with Gasteiger partial charge in [-0.1, -0.05) is 44.2 Å². The second kappa shape index (κ2) is 9.08. The molecule has 2 heterocycles. The predicted octanol–water partition coefficient (Wildman–Crippen LogP) is 2.79. The monoisotopic (exact) mass is 397 g/mol. The van der Waals surface area contributed by atoms with E-state index in [4.69, 9.17) is 0 Å². The zero-order valence-corrected chi connectivity index (χ0v) is 17.1. The number of piperazine rings is 1. The number of carbonyl (C=O) groups is 3. The van der Waals surface area contributed by atoms with E-state index in [0.717, 1.165) is 38.5 Å². The third-order valence-electron chi connectivity index (χ3n) is 6.73. The van der Waals surface area contributed by atoms with Gasteiger partial charge in [0.15, 0.2) is 0 Å². The van der Waals surface area contributed by atoms with Crippen molar-refractivity contribution in [3.63, 3.8) is 0 Å². The molecular formula is C23H31N3O3. The number of hydrogen-bond acceptors (Lipinski definition) is 4. The van der Waals surface area contributed by atoms with Crippen LogP contribution in [0.3, 0.4) is 0 Å². The topological polar surface area (TPSA) is 60.9 Å². The minimum absolute atomic E-state index is 0.192. The molecule has 0 spiro atoms. The van der Waals surface area contributed by atoms with Crippen molar-refractivity contribution in [1.29, 1.82) is 0 Å². The molecule has 1 aromatic carbocycles. The van der Waals surface area contributed by atoms with E-state index in [9.17, 15) is 14.4 Å². The van der Waals surface area contributed by atoms with Crippen LogP contribution in [-0.4, -0.2) is 71.7 Å². The molecule has 0 atom stereocenters. The molecule has 3 amide bonds. The van der Waals surface area contributed by atoms with Gasteiger partial charge in [0.2, 0.25) is 5.91 Å². The first-order valence-corrected chi connectivity index (χ1v) is 11.1. The fourth-order valence-corrected chi connectivity index (χ4v) is 4.87. The Hall–Kier alpha value is -2.21. The van der Waals surface area contributed by atoms with E-state index in [0.29, 0.717) is 30.6 Å². The predicted molar refractivity (Wildman–Crippen MR) is 111 cm³/mol. The van der Waals surface area contributed by atoms with E-state index >= 15 is 0 Å². The lowest BCUT2D eigenvalue weighted by Gasteiger charge is -2.35. The summed E-state index contributed by atoms with van der Waals surface area (Å²) < 4.78 is 0. The van der Waals surface area contributed by atoms with Gasteiger partial charge in [0.1, 0.15) is 0 Å². The number of imide groups is 1. The first-order valence-electron chi connectivity index (χ1n) is 11.1. The molecule has 0 bridgehead atoms. The van der Waals surface area contributed by atoms with Crippen LogP contribution in [0.25, 0.3) is 0 Å². The number of amides is 3. The van der Waals surface area contributed by atoms with Crippen molar-refractivity contribution in [3.05, 3.63) is 35.4 Å². The lowest BCUT2D eigenvalue weighted by molar-refractivity contribution is -0.133. The van der Waals surface area contributed by atoms with Gasteiger partial charge in [-0.25, -0.2) is 0 Å². The van der Waals surface area contributed by atoms with E-state index in [2.05, 4.69) is 4.90 Å². The average molecular weight is 398 g/mol. The fraction of sp³-hybridized carbons (Fsp3) is 0.609. The third-order valence-corrected chi connectivity index (χ3v) is 6.73. The summed E-state index contributed by atoms with van der Waals surface area (Å²) in [4.78, 5) is 43.0. The lowest BCUT2D eigenvalue weighted by Crippen LogP contribution is -2.50. The Balaban J connectivity index is 1.19. The van der Waals surface area contributed by atoms with Gasteiger partial charge in [0.05, 0.1) is 11.1 Å². The Morgan fingerprint density at radius 3 is 2.10 bits per heavy atom. The molecule has 2 aliphatic heterocycles. The van der Waals surface area contributed by atoms with Crippen LogP contribution in [-0.2, 0) is 4.79 Å². The van der Waals surface area contributed by atoms with Crippen molar-refractivity contribution in [1.82, 2.24) is 14.7 Å². The van der Waals surface area contributed by atoms with Gasteiger partial charge in [0, 0.05) is 45.7 Å². The molecule has 2 fully saturated rings. The average Bonchev–Trinajstić information content (AvgIpc) is 3.02. The normalized spacial score (nSPS) is 21.0. The molecule has 29 heavy (non-hydrogen) atoms. The number of hydrogen-bond donors (Lipinski definition) is 0. The molecule has 0 radical (unpaired) electrons. The van der Waals surface area contributed by atoms with Gasteiger partial charge in [-0.2, -0.15) is 0 Å². The van der Waals surface area contributed by atoms with Gasteiger partial charge in [-0.3, -0.25) is 24.2 Å². The molecule has 0 unspecified atom stereocenters. The molecule has 0 N–H and O–H groups in total. The molecule has 156 valence electrons. The maximum Gasteiger partial charge on any atom is 0.261 e. The van der Waals surface area contributed by atoms with Crippen molar-refractivity contribution in [2.45, 2.75) is 44.9 Å². The standard InChI is InChI=1S/C23H31N3O3/c27-21(11-10-18-6-2-1-3-7-18)25-15-12-24(13-16-25)14-17-26-22(28)19-8-4-5-9-20(19)23(26)29/h4-5,8-9,18H,1-3,6-7,10-17H2. The number of rotatable bonds is 6. The van der Waals surface area contributed by atoms with Crippen LogP contribution in [0.15, 0.2) is 24.3 Å². The van der Waals surface area contributed by atoms with Gasteiger partial charge in [-0.15, -0.1) is 0 Å². The Morgan fingerprint density at radius 2 is 1.48 bits per heavy atom. The van der Waals surface area contributed by atoms with Crippen molar-refractivity contribution in [2.24, 2.45) is 5.92 Å². The number of benzene rings is 1. The molecule has 0 aromatic heterocycles. The summed E-state index contributed by atoms with van der Waals surface area (Å²) in [5, 5.41) is 0. The fourth-order valence-electron chi connectivity index (χ4n) is 4.87. The summed E-state index contributed by atoms with van der Waals surface area (Å²) in [7, 11) is 0. The van der Waals surface area contributed by atoms with E-state index in [1.807, 2.05) is 4.90 Å². The molecular weight excluding hydrogens is 366 g/mol. The third kappa shape index (κ3) is 4.53. The summed E-state index contributed by atoms with van der Waals surface area (Å²) in [6, 6.07) is 7.01. The Kier molecular flexibility index (Phi) is 6.28. The van der Waals surface area contributed by atoms with Crippen molar-refractivity contribution in [2.75, 3.05) is 39.3 Å². The van der Waals surface area contributed by atoms with Crippen LogP contribution >= 0.6 is 0 Å². The smallest absolute Gasteiger partial charge is 0.261 e.